The zero-order valence-corrected chi connectivity index (χ0v) is 10.3. The largest absolute Gasteiger partial charge is 0.489 e. The van der Waals surface area contributed by atoms with E-state index in [2.05, 4.69) is 13.5 Å². The first kappa shape index (κ1) is 13.1. The molecule has 0 saturated heterocycles. The highest BCUT2D eigenvalue weighted by Gasteiger charge is 2.08. The van der Waals surface area contributed by atoms with E-state index < -0.39 is 0 Å². The molecule has 0 heterocycles. The number of hydrogen-bond donors (Lipinski definition) is 1. The van der Waals surface area contributed by atoms with Crippen LogP contribution in [0.5, 0.6) is 5.75 Å². The summed E-state index contributed by atoms with van der Waals surface area (Å²) in [5.74, 6) is 0.841. The monoisotopic (exact) mass is 239 g/mol. The first-order chi connectivity index (χ1) is 7.67. The van der Waals surface area contributed by atoms with Crippen molar-refractivity contribution in [1.82, 2.24) is 0 Å². The minimum Gasteiger partial charge on any atom is -0.489 e. The molecule has 0 amide bonds. The topological polar surface area (TPSA) is 35.2 Å². The molecule has 0 spiro atoms. The van der Waals surface area contributed by atoms with Crippen LogP contribution in [0, 0.1) is 0 Å². The Morgan fingerprint density at radius 3 is 2.94 bits per heavy atom. The summed E-state index contributed by atoms with van der Waals surface area (Å²) in [6.07, 6.45) is 3.44. The van der Waals surface area contributed by atoms with Gasteiger partial charge in [0.25, 0.3) is 0 Å². The molecule has 88 valence electrons. The van der Waals surface area contributed by atoms with E-state index in [4.69, 9.17) is 22.1 Å². The molecule has 2 N–H and O–H groups in total. The summed E-state index contributed by atoms with van der Waals surface area (Å²) >= 11 is 5.96. The SMILES string of the molecule is C=CCOc1ccc(Cl)cc1CC(N)CC. The number of halogens is 1. The fourth-order valence-electron chi connectivity index (χ4n) is 1.42. The summed E-state index contributed by atoms with van der Waals surface area (Å²) in [7, 11) is 0. The van der Waals surface area contributed by atoms with Crippen molar-refractivity contribution in [3.05, 3.63) is 41.4 Å². The van der Waals surface area contributed by atoms with Gasteiger partial charge in [0.1, 0.15) is 12.4 Å². The zero-order chi connectivity index (χ0) is 12.0. The quantitative estimate of drug-likeness (QED) is 0.774. The second-order valence-corrected chi connectivity index (χ2v) is 4.16. The van der Waals surface area contributed by atoms with Crippen molar-refractivity contribution in [1.29, 1.82) is 0 Å². The number of benzene rings is 1. The molecule has 1 atom stereocenters. The third-order valence-corrected chi connectivity index (χ3v) is 2.62. The summed E-state index contributed by atoms with van der Waals surface area (Å²) in [5.41, 5.74) is 6.99. The van der Waals surface area contributed by atoms with E-state index in [1.807, 2.05) is 18.2 Å². The molecule has 3 heteroatoms. The minimum atomic E-state index is 0.143. The fraction of sp³-hybridized carbons (Fsp3) is 0.385. The first-order valence-corrected chi connectivity index (χ1v) is 5.82. The van der Waals surface area contributed by atoms with Gasteiger partial charge in [0.15, 0.2) is 0 Å². The minimum absolute atomic E-state index is 0.143. The Hall–Kier alpha value is -0.990. The van der Waals surface area contributed by atoms with Crippen molar-refractivity contribution in [3.63, 3.8) is 0 Å². The van der Waals surface area contributed by atoms with E-state index in [0.717, 1.165) is 24.2 Å². The number of ether oxygens (including phenoxy) is 1. The van der Waals surface area contributed by atoms with Crippen LogP contribution in [0.2, 0.25) is 5.02 Å². The highest BCUT2D eigenvalue weighted by molar-refractivity contribution is 6.30. The molecule has 1 aromatic rings. The number of rotatable bonds is 6. The van der Waals surface area contributed by atoms with Crippen LogP contribution in [0.15, 0.2) is 30.9 Å². The van der Waals surface area contributed by atoms with Gasteiger partial charge < -0.3 is 10.5 Å². The normalized spacial score (nSPS) is 12.2. The van der Waals surface area contributed by atoms with Crippen LogP contribution in [0.25, 0.3) is 0 Å². The molecule has 0 aromatic heterocycles. The molecule has 0 saturated carbocycles. The smallest absolute Gasteiger partial charge is 0.123 e. The molecule has 0 radical (unpaired) electrons. The van der Waals surface area contributed by atoms with Gasteiger partial charge in [-0.1, -0.05) is 31.2 Å². The highest BCUT2D eigenvalue weighted by Crippen LogP contribution is 2.24. The Kier molecular flexibility index (Phi) is 5.36. The Labute approximate surface area is 102 Å². The maximum atomic E-state index is 5.96. The van der Waals surface area contributed by atoms with Crippen LogP contribution in [0.1, 0.15) is 18.9 Å². The fourth-order valence-corrected chi connectivity index (χ4v) is 1.62. The average molecular weight is 240 g/mol. The summed E-state index contributed by atoms with van der Waals surface area (Å²) in [5, 5.41) is 0.712. The molecule has 0 fully saturated rings. The van der Waals surface area contributed by atoms with E-state index in [0.29, 0.717) is 11.6 Å². The summed E-state index contributed by atoms with van der Waals surface area (Å²) in [4.78, 5) is 0. The van der Waals surface area contributed by atoms with E-state index >= 15 is 0 Å². The van der Waals surface area contributed by atoms with Crippen LogP contribution >= 0.6 is 11.6 Å². The van der Waals surface area contributed by atoms with Gasteiger partial charge in [-0.3, -0.25) is 0 Å². The van der Waals surface area contributed by atoms with Crippen molar-refractivity contribution in [2.45, 2.75) is 25.8 Å². The van der Waals surface area contributed by atoms with Gasteiger partial charge in [-0.2, -0.15) is 0 Å². The van der Waals surface area contributed by atoms with E-state index in [1.165, 1.54) is 0 Å². The van der Waals surface area contributed by atoms with Crippen LogP contribution in [-0.2, 0) is 6.42 Å². The molecule has 16 heavy (non-hydrogen) atoms. The molecule has 0 aliphatic carbocycles. The van der Waals surface area contributed by atoms with Gasteiger partial charge in [-0.15, -0.1) is 0 Å². The van der Waals surface area contributed by atoms with Gasteiger partial charge in [0, 0.05) is 11.1 Å². The Morgan fingerprint density at radius 2 is 2.31 bits per heavy atom. The van der Waals surface area contributed by atoms with Crippen LogP contribution < -0.4 is 10.5 Å². The Balaban J connectivity index is 2.84. The lowest BCUT2D eigenvalue weighted by Gasteiger charge is -2.14. The average Bonchev–Trinajstić information content (AvgIpc) is 2.28. The van der Waals surface area contributed by atoms with Gasteiger partial charge in [0.2, 0.25) is 0 Å². The molecule has 0 aliphatic rings. The van der Waals surface area contributed by atoms with Crippen molar-refractivity contribution in [2.75, 3.05) is 6.61 Å². The Bertz CT molecular complexity index is 352. The van der Waals surface area contributed by atoms with E-state index in [1.54, 1.807) is 6.08 Å². The zero-order valence-electron chi connectivity index (χ0n) is 9.58. The molecule has 1 rings (SSSR count). The second-order valence-electron chi connectivity index (χ2n) is 3.72. The Morgan fingerprint density at radius 1 is 1.56 bits per heavy atom. The van der Waals surface area contributed by atoms with Crippen molar-refractivity contribution < 1.29 is 4.74 Å². The van der Waals surface area contributed by atoms with Crippen molar-refractivity contribution >= 4 is 11.6 Å². The standard InChI is InChI=1S/C13H18ClNO/c1-3-7-16-13-6-5-11(14)8-10(13)9-12(15)4-2/h3,5-6,8,12H,1,4,7,9,15H2,2H3. The highest BCUT2D eigenvalue weighted by atomic mass is 35.5. The second kappa shape index (κ2) is 6.56. The van der Waals surface area contributed by atoms with Crippen molar-refractivity contribution in [2.24, 2.45) is 5.73 Å². The summed E-state index contributed by atoms with van der Waals surface area (Å²) in [6, 6.07) is 5.75. The lowest BCUT2D eigenvalue weighted by Crippen LogP contribution is -2.21. The van der Waals surface area contributed by atoms with E-state index in [9.17, 15) is 0 Å². The van der Waals surface area contributed by atoms with Gasteiger partial charge in [-0.05, 0) is 36.6 Å². The molecule has 0 aliphatic heterocycles. The molecule has 0 bridgehead atoms. The predicted octanol–water partition coefficient (Wildman–Crippen LogP) is 3.18. The molecular weight excluding hydrogens is 222 g/mol. The van der Waals surface area contributed by atoms with Gasteiger partial charge in [0.05, 0.1) is 0 Å². The van der Waals surface area contributed by atoms with Crippen LogP contribution in [0.4, 0.5) is 0 Å². The lowest BCUT2D eigenvalue weighted by atomic mass is 10.0. The van der Waals surface area contributed by atoms with Gasteiger partial charge in [-0.25, -0.2) is 0 Å². The number of hydrogen-bond acceptors (Lipinski definition) is 2. The van der Waals surface area contributed by atoms with Gasteiger partial charge >= 0.3 is 0 Å². The summed E-state index contributed by atoms with van der Waals surface area (Å²) < 4.78 is 5.55. The third kappa shape index (κ3) is 3.87. The molecular formula is C13H18ClNO. The molecule has 2 nitrogen and oxygen atoms in total. The lowest BCUT2D eigenvalue weighted by molar-refractivity contribution is 0.358. The van der Waals surface area contributed by atoms with Crippen LogP contribution in [-0.4, -0.2) is 12.6 Å². The maximum Gasteiger partial charge on any atom is 0.123 e. The van der Waals surface area contributed by atoms with E-state index in [-0.39, 0.29) is 6.04 Å². The van der Waals surface area contributed by atoms with Crippen molar-refractivity contribution in [3.8, 4) is 5.75 Å². The first-order valence-electron chi connectivity index (χ1n) is 5.45. The van der Waals surface area contributed by atoms with Crippen LogP contribution in [0.3, 0.4) is 0 Å². The molecule has 1 aromatic carbocycles. The molecule has 1 unspecified atom stereocenters. The summed E-state index contributed by atoms with van der Waals surface area (Å²) in [6.45, 7) is 6.19. The maximum absolute atomic E-state index is 5.96. The predicted molar refractivity (Wildman–Crippen MR) is 69.1 cm³/mol. The number of nitrogens with two attached hydrogens (primary N) is 1. The third-order valence-electron chi connectivity index (χ3n) is 2.39.